The Balaban J connectivity index is 2.87. The van der Waals surface area contributed by atoms with E-state index in [9.17, 15) is 18.0 Å². The van der Waals surface area contributed by atoms with Crippen LogP contribution in [0.25, 0.3) is 0 Å². The zero-order valence-corrected chi connectivity index (χ0v) is 10.1. The molecule has 1 rings (SSSR count). The van der Waals surface area contributed by atoms with Crippen LogP contribution in [0.2, 0.25) is 0 Å². The van der Waals surface area contributed by atoms with Crippen LogP contribution in [-0.4, -0.2) is 28.4 Å². The number of alkyl halides is 3. The molecule has 0 bridgehead atoms. The van der Waals surface area contributed by atoms with Crippen molar-refractivity contribution >= 4 is 11.6 Å². The lowest BCUT2D eigenvalue weighted by Crippen LogP contribution is -2.31. The largest absolute Gasteiger partial charge is 0.408 e. The van der Waals surface area contributed by atoms with Gasteiger partial charge in [0.1, 0.15) is 12.2 Å². The lowest BCUT2D eigenvalue weighted by atomic mass is 10.2. The minimum Gasteiger partial charge on any atom is -0.396 e. The van der Waals surface area contributed by atoms with E-state index in [0.717, 1.165) is 6.20 Å². The Bertz CT molecular complexity index is 425. The molecule has 1 aromatic rings. The van der Waals surface area contributed by atoms with Gasteiger partial charge in [0, 0.05) is 6.54 Å². The van der Waals surface area contributed by atoms with Gasteiger partial charge in [-0.15, -0.1) is 0 Å². The van der Waals surface area contributed by atoms with Crippen molar-refractivity contribution < 1.29 is 18.0 Å². The summed E-state index contributed by atoms with van der Waals surface area (Å²) in [6.45, 7) is 2.76. The number of nitrogens with two attached hydrogens (primary N) is 1. The highest BCUT2D eigenvalue weighted by Crippen LogP contribution is 2.20. The summed E-state index contributed by atoms with van der Waals surface area (Å²) < 4.78 is 37.4. The molecule has 0 atom stereocenters. The second kappa shape index (κ2) is 5.28. The van der Waals surface area contributed by atoms with Gasteiger partial charge in [0.2, 0.25) is 0 Å². The molecule has 0 saturated heterocycles. The average molecular weight is 264 g/mol. The maximum atomic E-state index is 12.3. The van der Waals surface area contributed by atoms with Crippen molar-refractivity contribution in [3.8, 4) is 0 Å². The van der Waals surface area contributed by atoms with Gasteiger partial charge >= 0.3 is 6.18 Å². The molecular weight excluding hydrogens is 249 g/mol. The summed E-state index contributed by atoms with van der Waals surface area (Å²) in [5.41, 5.74) is 5.13. The molecule has 0 aliphatic heterocycles. The maximum Gasteiger partial charge on any atom is 0.408 e. The Morgan fingerprint density at radius 2 is 2.17 bits per heavy atom. The number of nitrogens with one attached hydrogen (secondary N) is 1. The van der Waals surface area contributed by atoms with Crippen LogP contribution >= 0.6 is 0 Å². The van der Waals surface area contributed by atoms with Crippen molar-refractivity contribution in [3.05, 3.63) is 11.9 Å². The van der Waals surface area contributed by atoms with Crippen LogP contribution in [-0.2, 0) is 6.54 Å². The van der Waals surface area contributed by atoms with Crippen molar-refractivity contribution in [2.24, 2.45) is 5.92 Å². The summed E-state index contributed by atoms with van der Waals surface area (Å²) in [4.78, 5) is 11.7. The van der Waals surface area contributed by atoms with E-state index in [1.54, 1.807) is 0 Å². The number of carbonyl (C=O) groups is 1. The SMILES string of the molecule is CC(C)CNC(=O)c1c(N)cnn1CC(F)(F)F. The number of carbonyl (C=O) groups excluding carboxylic acids is 1. The van der Waals surface area contributed by atoms with Crippen LogP contribution in [0.15, 0.2) is 6.20 Å². The van der Waals surface area contributed by atoms with Crippen molar-refractivity contribution in [3.63, 3.8) is 0 Å². The molecule has 8 heteroatoms. The van der Waals surface area contributed by atoms with Gasteiger partial charge in [-0.1, -0.05) is 13.8 Å². The van der Waals surface area contributed by atoms with Crippen molar-refractivity contribution in [2.45, 2.75) is 26.6 Å². The minimum absolute atomic E-state index is 0.0690. The molecule has 3 N–H and O–H groups in total. The van der Waals surface area contributed by atoms with Gasteiger partial charge in [-0.25, -0.2) is 4.68 Å². The number of anilines is 1. The number of nitrogen functional groups attached to an aromatic ring is 1. The Hall–Kier alpha value is -1.73. The van der Waals surface area contributed by atoms with Gasteiger partial charge in [-0.3, -0.25) is 4.79 Å². The fourth-order valence-corrected chi connectivity index (χ4v) is 1.32. The van der Waals surface area contributed by atoms with Crippen molar-refractivity contribution in [1.82, 2.24) is 15.1 Å². The first-order chi connectivity index (χ1) is 8.20. The van der Waals surface area contributed by atoms with Gasteiger partial charge in [0.25, 0.3) is 5.91 Å². The number of halogens is 3. The van der Waals surface area contributed by atoms with Gasteiger partial charge in [0.05, 0.1) is 11.9 Å². The van der Waals surface area contributed by atoms with E-state index in [-0.39, 0.29) is 17.3 Å². The van der Waals surface area contributed by atoms with E-state index >= 15 is 0 Å². The predicted octanol–water partition coefficient (Wildman–Crippen LogP) is 1.41. The molecule has 0 aliphatic rings. The lowest BCUT2D eigenvalue weighted by molar-refractivity contribution is -0.142. The third kappa shape index (κ3) is 3.94. The summed E-state index contributed by atoms with van der Waals surface area (Å²) in [6.07, 6.45) is -3.42. The molecule has 1 heterocycles. The first-order valence-electron chi connectivity index (χ1n) is 5.37. The van der Waals surface area contributed by atoms with E-state index < -0.39 is 18.6 Å². The first kappa shape index (κ1) is 14.3. The fraction of sp³-hybridized carbons (Fsp3) is 0.600. The fourth-order valence-electron chi connectivity index (χ4n) is 1.32. The van der Waals surface area contributed by atoms with Gasteiger partial charge in [-0.05, 0) is 5.92 Å². The molecule has 5 nitrogen and oxygen atoms in total. The zero-order chi connectivity index (χ0) is 13.9. The van der Waals surface area contributed by atoms with Gasteiger partial charge in [0.15, 0.2) is 0 Å². The van der Waals surface area contributed by atoms with E-state index in [2.05, 4.69) is 10.4 Å². The van der Waals surface area contributed by atoms with Crippen LogP contribution in [0.4, 0.5) is 18.9 Å². The van der Waals surface area contributed by atoms with Crippen molar-refractivity contribution in [1.29, 1.82) is 0 Å². The second-order valence-corrected chi connectivity index (χ2v) is 4.33. The normalized spacial score (nSPS) is 11.9. The number of aromatic nitrogens is 2. The van der Waals surface area contributed by atoms with Crippen LogP contribution in [0.3, 0.4) is 0 Å². The number of rotatable bonds is 4. The highest BCUT2D eigenvalue weighted by atomic mass is 19.4. The summed E-state index contributed by atoms with van der Waals surface area (Å²) >= 11 is 0. The minimum atomic E-state index is -4.45. The molecule has 1 aromatic heterocycles. The van der Waals surface area contributed by atoms with Gasteiger partial charge in [-0.2, -0.15) is 18.3 Å². The van der Waals surface area contributed by atoms with E-state index in [1.165, 1.54) is 0 Å². The molecule has 0 radical (unpaired) electrons. The highest BCUT2D eigenvalue weighted by Gasteiger charge is 2.31. The smallest absolute Gasteiger partial charge is 0.396 e. The molecule has 0 fully saturated rings. The Morgan fingerprint density at radius 1 is 1.56 bits per heavy atom. The molecule has 0 spiro atoms. The number of hydrogen-bond acceptors (Lipinski definition) is 3. The number of hydrogen-bond donors (Lipinski definition) is 2. The maximum absolute atomic E-state index is 12.3. The van der Waals surface area contributed by atoms with E-state index in [0.29, 0.717) is 11.2 Å². The molecule has 0 unspecified atom stereocenters. The van der Waals surface area contributed by atoms with Gasteiger partial charge < -0.3 is 11.1 Å². The van der Waals surface area contributed by atoms with Crippen LogP contribution in [0.1, 0.15) is 24.3 Å². The first-order valence-corrected chi connectivity index (χ1v) is 5.37. The highest BCUT2D eigenvalue weighted by molar-refractivity contribution is 5.97. The summed E-state index contributed by atoms with van der Waals surface area (Å²) in [5.74, 6) is -0.461. The Kier molecular flexibility index (Phi) is 4.20. The monoisotopic (exact) mass is 264 g/mol. The van der Waals surface area contributed by atoms with Crippen LogP contribution < -0.4 is 11.1 Å². The molecule has 0 aromatic carbocycles. The molecular formula is C10H15F3N4O. The third-order valence-corrected chi connectivity index (χ3v) is 2.08. The lowest BCUT2D eigenvalue weighted by Gasteiger charge is -2.12. The Labute approximate surface area is 102 Å². The number of nitrogens with zero attached hydrogens (tertiary/aromatic N) is 2. The summed E-state index contributed by atoms with van der Waals surface area (Å²) in [5, 5.41) is 5.96. The van der Waals surface area contributed by atoms with E-state index in [1.807, 2.05) is 13.8 Å². The standard InChI is InChI=1S/C10H15F3N4O/c1-6(2)3-15-9(18)8-7(14)4-16-17(8)5-10(11,12)13/h4,6H,3,5,14H2,1-2H3,(H,15,18). The molecule has 0 aliphatic carbocycles. The van der Waals surface area contributed by atoms with E-state index in [4.69, 9.17) is 5.73 Å². The zero-order valence-electron chi connectivity index (χ0n) is 10.1. The Morgan fingerprint density at radius 3 is 2.67 bits per heavy atom. The summed E-state index contributed by atoms with van der Waals surface area (Å²) in [7, 11) is 0. The predicted molar refractivity (Wildman–Crippen MR) is 59.9 cm³/mol. The average Bonchev–Trinajstić information content (AvgIpc) is 2.53. The third-order valence-electron chi connectivity index (χ3n) is 2.08. The van der Waals surface area contributed by atoms with Crippen LogP contribution in [0.5, 0.6) is 0 Å². The summed E-state index contributed by atoms with van der Waals surface area (Å²) in [6, 6.07) is 0. The van der Waals surface area contributed by atoms with Crippen molar-refractivity contribution in [2.75, 3.05) is 12.3 Å². The molecule has 0 saturated carbocycles. The topological polar surface area (TPSA) is 72.9 Å². The molecule has 102 valence electrons. The second-order valence-electron chi connectivity index (χ2n) is 4.33. The molecule has 1 amide bonds. The quantitative estimate of drug-likeness (QED) is 0.863. The number of amides is 1. The van der Waals surface area contributed by atoms with Crippen LogP contribution in [0, 0.1) is 5.92 Å². The molecule has 18 heavy (non-hydrogen) atoms.